The molecule has 0 aliphatic carbocycles. The van der Waals surface area contributed by atoms with E-state index in [0.29, 0.717) is 21.7 Å². The SMILES string of the molecule is CC(C#N)(CC(=O)N1CCSC1=S)N=NC(C)(C#N)CC(=O)N1CCSC1=S. The molecule has 0 bridgehead atoms. The smallest absolute Gasteiger partial charge is 0.231 e. The second-order valence-corrected chi connectivity index (χ2v) is 10.1. The molecule has 8 nitrogen and oxygen atoms in total. The van der Waals surface area contributed by atoms with Crippen LogP contribution in [0.1, 0.15) is 26.7 Å². The summed E-state index contributed by atoms with van der Waals surface area (Å²) in [7, 11) is 0. The van der Waals surface area contributed by atoms with E-state index in [0.717, 1.165) is 11.5 Å². The Bertz CT molecular complexity index is 753. The summed E-state index contributed by atoms with van der Waals surface area (Å²) in [5.74, 6) is 0.820. The Balaban J connectivity index is 2.09. The van der Waals surface area contributed by atoms with E-state index in [1.807, 2.05) is 12.1 Å². The minimum atomic E-state index is -1.46. The molecule has 2 fully saturated rings. The average molecular weight is 455 g/mol. The lowest BCUT2D eigenvalue weighted by molar-refractivity contribution is -0.128. The van der Waals surface area contributed by atoms with Gasteiger partial charge in [0.2, 0.25) is 11.8 Å². The molecule has 0 spiro atoms. The molecule has 0 aromatic carbocycles. The number of carbonyl (C=O) groups excluding carboxylic acids is 2. The molecule has 148 valence electrons. The monoisotopic (exact) mass is 454 g/mol. The van der Waals surface area contributed by atoms with Crippen LogP contribution in [-0.2, 0) is 9.59 Å². The number of azo groups is 1. The number of rotatable bonds is 6. The lowest BCUT2D eigenvalue weighted by Crippen LogP contribution is -2.38. The molecule has 0 saturated carbocycles. The van der Waals surface area contributed by atoms with Crippen molar-refractivity contribution in [2.24, 2.45) is 10.2 Å². The molecule has 0 aromatic rings. The van der Waals surface area contributed by atoms with E-state index in [9.17, 15) is 20.1 Å². The molecule has 2 rings (SSSR count). The van der Waals surface area contributed by atoms with Crippen LogP contribution in [0.3, 0.4) is 0 Å². The fourth-order valence-electron chi connectivity index (χ4n) is 2.43. The summed E-state index contributed by atoms with van der Waals surface area (Å²) in [6.45, 7) is 3.93. The molecular formula is C16H18N6O2S4. The Hall–Kier alpha value is -1.60. The molecule has 2 aliphatic rings. The molecule has 2 amide bonds. The Morgan fingerprint density at radius 3 is 1.57 bits per heavy atom. The summed E-state index contributed by atoms with van der Waals surface area (Å²) < 4.78 is 0.961. The van der Waals surface area contributed by atoms with Crippen LogP contribution in [0, 0.1) is 22.7 Å². The minimum Gasteiger partial charge on any atom is -0.297 e. The zero-order valence-electron chi connectivity index (χ0n) is 15.4. The zero-order chi connectivity index (χ0) is 20.9. The first-order chi connectivity index (χ1) is 13.1. The van der Waals surface area contributed by atoms with Gasteiger partial charge in [0.1, 0.15) is 8.64 Å². The second kappa shape index (κ2) is 9.27. The van der Waals surface area contributed by atoms with Gasteiger partial charge in [-0.3, -0.25) is 19.4 Å². The number of carbonyl (C=O) groups is 2. The van der Waals surface area contributed by atoms with E-state index in [4.69, 9.17) is 24.4 Å². The van der Waals surface area contributed by atoms with Crippen LogP contribution < -0.4 is 0 Å². The van der Waals surface area contributed by atoms with Gasteiger partial charge in [0, 0.05) is 24.6 Å². The lowest BCUT2D eigenvalue weighted by atomic mass is 9.99. The van der Waals surface area contributed by atoms with Gasteiger partial charge in [0.05, 0.1) is 25.0 Å². The average Bonchev–Trinajstić information content (AvgIpc) is 3.28. The van der Waals surface area contributed by atoms with Crippen LogP contribution >= 0.6 is 48.0 Å². The quantitative estimate of drug-likeness (QED) is 0.444. The molecule has 0 aromatic heterocycles. The van der Waals surface area contributed by atoms with E-state index in [2.05, 4.69) is 10.2 Å². The molecule has 2 unspecified atom stereocenters. The largest absolute Gasteiger partial charge is 0.297 e. The predicted molar refractivity (Wildman–Crippen MR) is 116 cm³/mol. The summed E-state index contributed by atoms with van der Waals surface area (Å²) in [6, 6.07) is 3.95. The third-order valence-corrected chi connectivity index (χ3v) is 6.94. The van der Waals surface area contributed by atoms with Crippen molar-refractivity contribution < 1.29 is 9.59 Å². The number of nitrogens with zero attached hydrogens (tertiary/aromatic N) is 6. The maximum absolute atomic E-state index is 12.4. The number of amides is 2. The highest BCUT2D eigenvalue weighted by Crippen LogP contribution is 2.26. The molecule has 12 heteroatoms. The first kappa shape index (κ1) is 22.7. The van der Waals surface area contributed by atoms with Gasteiger partial charge in [-0.25, -0.2) is 0 Å². The second-order valence-electron chi connectivity index (χ2n) is 6.64. The molecule has 2 aliphatic heterocycles. The highest BCUT2D eigenvalue weighted by molar-refractivity contribution is 8.23. The highest BCUT2D eigenvalue weighted by Gasteiger charge is 2.36. The number of thioether (sulfide) groups is 2. The van der Waals surface area contributed by atoms with Gasteiger partial charge < -0.3 is 0 Å². The first-order valence-electron chi connectivity index (χ1n) is 8.34. The van der Waals surface area contributed by atoms with Crippen molar-refractivity contribution in [1.82, 2.24) is 9.80 Å². The van der Waals surface area contributed by atoms with Crippen LogP contribution in [0.2, 0.25) is 0 Å². The molecule has 28 heavy (non-hydrogen) atoms. The van der Waals surface area contributed by atoms with E-state index in [-0.39, 0.29) is 24.7 Å². The maximum atomic E-state index is 12.4. The maximum Gasteiger partial charge on any atom is 0.231 e. The predicted octanol–water partition coefficient (Wildman–Crippen LogP) is 2.50. The number of hydrogen-bond acceptors (Lipinski definition) is 10. The van der Waals surface area contributed by atoms with Crippen molar-refractivity contribution >= 4 is 68.4 Å². The minimum absolute atomic E-state index is 0.212. The van der Waals surface area contributed by atoms with Crippen molar-refractivity contribution in [2.75, 3.05) is 24.6 Å². The summed E-state index contributed by atoms with van der Waals surface area (Å²) >= 11 is 13.1. The topological polar surface area (TPSA) is 113 Å². The fraction of sp³-hybridized carbons (Fsp3) is 0.625. The van der Waals surface area contributed by atoms with Crippen LogP contribution in [0.25, 0.3) is 0 Å². The molecular weight excluding hydrogens is 436 g/mol. The molecule has 0 radical (unpaired) electrons. The van der Waals surface area contributed by atoms with E-state index < -0.39 is 11.1 Å². The third-order valence-electron chi connectivity index (χ3n) is 4.09. The summed E-state index contributed by atoms with van der Waals surface area (Å²) in [4.78, 5) is 27.8. The van der Waals surface area contributed by atoms with E-state index >= 15 is 0 Å². The Morgan fingerprint density at radius 1 is 0.964 bits per heavy atom. The van der Waals surface area contributed by atoms with Crippen LogP contribution in [0.5, 0.6) is 0 Å². The van der Waals surface area contributed by atoms with Crippen LogP contribution in [0.4, 0.5) is 0 Å². The highest BCUT2D eigenvalue weighted by atomic mass is 32.2. The van der Waals surface area contributed by atoms with Crippen LogP contribution in [0.15, 0.2) is 10.2 Å². The Labute approximate surface area is 182 Å². The van der Waals surface area contributed by atoms with Gasteiger partial charge in [-0.2, -0.15) is 20.8 Å². The van der Waals surface area contributed by atoms with E-state index in [1.165, 1.54) is 47.2 Å². The Kier molecular flexibility index (Phi) is 7.51. The molecule has 0 N–H and O–H groups in total. The summed E-state index contributed by atoms with van der Waals surface area (Å²) in [5, 5.41) is 27.0. The summed E-state index contributed by atoms with van der Waals surface area (Å²) in [6.07, 6.45) is -0.425. The lowest BCUT2D eigenvalue weighted by Gasteiger charge is -2.23. The van der Waals surface area contributed by atoms with Crippen molar-refractivity contribution in [3.63, 3.8) is 0 Å². The zero-order valence-corrected chi connectivity index (χ0v) is 18.6. The van der Waals surface area contributed by atoms with E-state index in [1.54, 1.807) is 0 Å². The van der Waals surface area contributed by atoms with Gasteiger partial charge >= 0.3 is 0 Å². The summed E-state index contributed by atoms with van der Waals surface area (Å²) in [5.41, 5.74) is -2.92. The normalized spacial score (nSPS) is 21.3. The van der Waals surface area contributed by atoms with Crippen molar-refractivity contribution in [2.45, 2.75) is 37.8 Å². The third kappa shape index (κ3) is 5.47. The van der Waals surface area contributed by atoms with Gasteiger partial charge in [0.25, 0.3) is 0 Å². The standard InChI is InChI=1S/C16H18N6O2S4/c1-15(9-17,7-11(23)21-3-5-27-13(21)25)19-20-16(2,10-18)8-12(24)22-4-6-28-14(22)26/h3-8H2,1-2H3. The van der Waals surface area contributed by atoms with Gasteiger partial charge in [-0.05, 0) is 13.8 Å². The Morgan fingerprint density at radius 2 is 1.32 bits per heavy atom. The number of nitriles is 2. The van der Waals surface area contributed by atoms with Gasteiger partial charge in [-0.15, -0.1) is 0 Å². The first-order valence-corrected chi connectivity index (χ1v) is 11.1. The molecule has 2 saturated heterocycles. The number of hydrogen-bond donors (Lipinski definition) is 0. The van der Waals surface area contributed by atoms with Crippen molar-refractivity contribution in [3.8, 4) is 12.1 Å². The molecule has 2 heterocycles. The van der Waals surface area contributed by atoms with Crippen molar-refractivity contribution in [3.05, 3.63) is 0 Å². The van der Waals surface area contributed by atoms with Crippen molar-refractivity contribution in [1.29, 1.82) is 10.5 Å². The van der Waals surface area contributed by atoms with Gasteiger partial charge in [-0.1, -0.05) is 48.0 Å². The fourth-order valence-corrected chi connectivity index (χ4v) is 4.92. The molecule has 2 atom stereocenters. The van der Waals surface area contributed by atoms with Crippen LogP contribution in [-0.4, -0.2) is 65.9 Å². The van der Waals surface area contributed by atoms with Gasteiger partial charge in [0.15, 0.2) is 11.1 Å². The number of thiocarbonyl (C=S) groups is 2.